The van der Waals surface area contributed by atoms with Crippen molar-refractivity contribution in [1.82, 2.24) is 9.88 Å². The van der Waals surface area contributed by atoms with Crippen molar-refractivity contribution in [2.45, 2.75) is 20.0 Å². The zero-order chi connectivity index (χ0) is 14.6. The summed E-state index contributed by atoms with van der Waals surface area (Å²) in [5, 5.41) is 1.91. The smallest absolute Gasteiger partial charge is 0.355 e. The minimum atomic E-state index is -1.07. The monoisotopic (exact) mass is 267 g/mol. The van der Waals surface area contributed by atoms with E-state index >= 15 is 0 Å². The predicted molar refractivity (Wildman–Crippen MR) is 67.2 cm³/mol. The van der Waals surface area contributed by atoms with Crippen LogP contribution in [0.4, 0.5) is 4.79 Å². The summed E-state index contributed by atoms with van der Waals surface area (Å²) in [6.45, 7) is 3.40. The van der Waals surface area contributed by atoms with Crippen LogP contribution in [-0.2, 0) is 16.6 Å². The molecule has 0 saturated carbocycles. The van der Waals surface area contributed by atoms with Crippen LogP contribution >= 0.6 is 0 Å². The molecule has 19 heavy (non-hydrogen) atoms. The van der Waals surface area contributed by atoms with E-state index in [1.165, 1.54) is 0 Å². The van der Waals surface area contributed by atoms with Crippen molar-refractivity contribution >= 4 is 17.9 Å². The Balaban J connectivity index is 2.80. The Morgan fingerprint density at radius 1 is 1.37 bits per heavy atom. The van der Waals surface area contributed by atoms with Crippen LogP contribution in [0.1, 0.15) is 24.3 Å². The van der Waals surface area contributed by atoms with Gasteiger partial charge in [0.05, 0.1) is 0 Å². The highest BCUT2D eigenvalue weighted by Gasteiger charge is 2.28. The normalized spacial score (nSPS) is 12.0. The Morgan fingerprint density at radius 3 is 2.42 bits per heavy atom. The maximum atomic E-state index is 11.9. The molecular formula is C12H17N3O4. The van der Waals surface area contributed by atoms with Crippen LogP contribution in [0.5, 0.6) is 0 Å². The molecule has 0 fully saturated rings. The molecule has 7 heteroatoms. The molecule has 0 bridgehead atoms. The first-order valence-electron chi connectivity index (χ1n) is 5.75. The zero-order valence-corrected chi connectivity index (χ0v) is 11.0. The molecule has 1 aromatic rings. The molecule has 7 nitrogen and oxygen atoms in total. The highest BCUT2D eigenvalue weighted by atomic mass is 16.5. The van der Waals surface area contributed by atoms with Gasteiger partial charge in [0.25, 0.3) is 5.91 Å². The third-order valence-electron chi connectivity index (χ3n) is 2.50. The first kappa shape index (κ1) is 14.7. The number of hydrogen-bond donors (Lipinski definition) is 2. The Kier molecular flexibility index (Phi) is 4.68. The summed E-state index contributed by atoms with van der Waals surface area (Å²) in [6, 6.07) is 2.28. The standard InChI is InChI=1S/C12H17N3O4/c1-7(2)9(10(16)14-12(13)18)19-11(17)8-5-4-6-15(8)3/h4-7,9H,1-3H3,(H3,13,14,16,18)/t9-/m0/s1. The van der Waals surface area contributed by atoms with Crippen molar-refractivity contribution in [3.05, 3.63) is 24.0 Å². The number of nitrogens with one attached hydrogen (secondary N) is 1. The number of nitrogens with two attached hydrogens (primary N) is 1. The van der Waals surface area contributed by atoms with E-state index in [1.54, 1.807) is 43.8 Å². The van der Waals surface area contributed by atoms with Gasteiger partial charge in [0, 0.05) is 13.2 Å². The third-order valence-corrected chi connectivity index (χ3v) is 2.50. The van der Waals surface area contributed by atoms with Gasteiger partial charge < -0.3 is 15.0 Å². The van der Waals surface area contributed by atoms with Crippen molar-refractivity contribution in [2.75, 3.05) is 0 Å². The molecule has 1 rings (SSSR count). The van der Waals surface area contributed by atoms with Crippen molar-refractivity contribution in [3.8, 4) is 0 Å². The van der Waals surface area contributed by atoms with Gasteiger partial charge in [-0.05, 0) is 18.1 Å². The molecule has 3 N–H and O–H groups in total. The maximum absolute atomic E-state index is 11.9. The van der Waals surface area contributed by atoms with Gasteiger partial charge in [-0.1, -0.05) is 13.8 Å². The van der Waals surface area contributed by atoms with Gasteiger partial charge in [-0.2, -0.15) is 0 Å². The van der Waals surface area contributed by atoms with Gasteiger partial charge >= 0.3 is 12.0 Å². The van der Waals surface area contributed by atoms with Crippen LogP contribution in [0.3, 0.4) is 0 Å². The third kappa shape index (κ3) is 3.84. The van der Waals surface area contributed by atoms with Gasteiger partial charge in [-0.25, -0.2) is 9.59 Å². The average molecular weight is 267 g/mol. The second-order valence-corrected chi connectivity index (χ2v) is 4.43. The Hall–Kier alpha value is -2.31. The number of rotatable bonds is 4. The van der Waals surface area contributed by atoms with E-state index in [-0.39, 0.29) is 5.92 Å². The molecule has 0 aromatic carbocycles. The summed E-state index contributed by atoms with van der Waals surface area (Å²) < 4.78 is 6.70. The van der Waals surface area contributed by atoms with Gasteiger partial charge in [-0.15, -0.1) is 0 Å². The van der Waals surface area contributed by atoms with E-state index in [9.17, 15) is 14.4 Å². The van der Waals surface area contributed by atoms with Gasteiger partial charge in [0.2, 0.25) is 0 Å². The summed E-state index contributed by atoms with van der Waals surface area (Å²) in [5.41, 5.74) is 5.18. The number of carbonyl (C=O) groups is 3. The Bertz CT molecular complexity index is 493. The maximum Gasteiger partial charge on any atom is 0.355 e. The highest BCUT2D eigenvalue weighted by molar-refractivity contribution is 5.98. The summed E-state index contributed by atoms with van der Waals surface area (Å²) in [4.78, 5) is 34.2. The molecule has 0 unspecified atom stereocenters. The fraction of sp³-hybridized carbons (Fsp3) is 0.417. The van der Waals surface area contributed by atoms with Crippen molar-refractivity contribution in [3.63, 3.8) is 0 Å². The van der Waals surface area contributed by atoms with Crippen LogP contribution in [-0.4, -0.2) is 28.6 Å². The number of primary amides is 1. The number of carbonyl (C=O) groups excluding carboxylic acids is 3. The molecule has 104 valence electrons. The molecule has 1 atom stereocenters. The minimum absolute atomic E-state index is 0.288. The van der Waals surface area contributed by atoms with E-state index in [0.29, 0.717) is 5.69 Å². The van der Waals surface area contributed by atoms with E-state index in [2.05, 4.69) is 0 Å². The van der Waals surface area contributed by atoms with E-state index in [1.807, 2.05) is 5.32 Å². The predicted octanol–water partition coefficient (Wildman–Crippen LogP) is 0.401. The number of ether oxygens (including phenoxy) is 1. The van der Waals surface area contributed by atoms with Crippen LogP contribution < -0.4 is 11.1 Å². The number of aromatic nitrogens is 1. The van der Waals surface area contributed by atoms with Crippen molar-refractivity contribution < 1.29 is 19.1 Å². The van der Waals surface area contributed by atoms with Crippen molar-refractivity contribution in [2.24, 2.45) is 18.7 Å². The number of hydrogen-bond acceptors (Lipinski definition) is 4. The molecule has 0 aliphatic rings. The van der Waals surface area contributed by atoms with Crippen LogP contribution in [0, 0.1) is 5.92 Å². The number of aryl methyl sites for hydroxylation is 1. The zero-order valence-electron chi connectivity index (χ0n) is 11.0. The lowest BCUT2D eigenvalue weighted by Crippen LogP contribution is -2.45. The number of amides is 3. The number of imide groups is 1. The fourth-order valence-corrected chi connectivity index (χ4v) is 1.53. The topological polar surface area (TPSA) is 103 Å². The Labute approximate surface area is 110 Å². The minimum Gasteiger partial charge on any atom is -0.447 e. The SMILES string of the molecule is CC(C)[C@H](OC(=O)c1cccn1C)C(=O)NC(N)=O. The van der Waals surface area contributed by atoms with Gasteiger partial charge in [0.15, 0.2) is 6.10 Å². The second-order valence-electron chi connectivity index (χ2n) is 4.43. The van der Waals surface area contributed by atoms with Gasteiger partial charge in [0.1, 0.15) is 5.69 Å². The van der Waals surface area contributed by atoms with E-state index in [4.69, 9.17) is 10.5 Å². The van der Waals surface area contributed by atoms with E-state index in [0.717, 1.165) is 0 Å². The molecule has 3 amide bonds. The van der Waals surface area contributed by atoms with E-state index < -0.39 is 24.0 Å². The molecule has 0 saturated heterocycles. The molecule has 0 spiro atoms. The summed E-state index contributed by atoms with van der Waals surface area (Å²) in [7, 11) is 1.68. The lowest BCUT2D eigenvalue weighted by molar-refractivity contribution is -0.130. The van der Waals surface area contributed by atoms with Crippen molar-refractivity contribution in [1.29, 1.82) is 0 Å². The lowest BCUT2D eigenvalue weighted by Gasteiger charge is -2.19. The molecule has 1 heterocycles. The quantitative estimate of drug-likeness (QED) is 0.770. The summed E-state index contributed by atoms with van der Waals surface area (Å²) in [5.74, 6) is -1.65. The molecular weight excluding hydrogens is 250 g/mol. The number of urea groups is 1. The molecule has 1 aromatic heterocycles. The van der Waals surface area contributed by atoms with Crippen LogP contribution in [0.15, 0.2) is 18.3 Å². The second kappa shape index (κ2) is 6.03. The molecule has 0 aliphatic heterocycles. The van der Waals surface area contributed by atoms with Crippen LogP contribution in [0.2, 0.25) is 0 Å². The first-order chi connectivity index (χ1) is 8.82. The number of esters is 1. The van der Waals surface area contributed by atoms with Gasteiger partial charge in [-0.3, -0.25) is 10.1 Å². The molecule has 0 aliphatic carbocycles. The highest BCUT2D eigenvalue weighted by Crippen LogP contribution is 2.11. The fourth-order valence-electron chi connectivity index (χ4n) is 1.53. The summed E-state index contributed by atoms with van der Waals surface area (Å²) >= 11 is 0. The van der Waals surface area contributed by atoms with Crippen LogP contribution in [0.25, 0.3) is 0 Å². The summed E-state index contributed by atoms with van der Waals surface area (Å²) in [6.07, 6.45) is 0.611. The largest absolute Gasteiger partial charge is 0.447 e. The first-order valence-corrected chi connectivity index (χ1v) is 5.75. The average Bonchev–Trinajstić information content (AvgIpc) is 2.70. The number of nitrogens with zero attached hydrogens (tertiary/aromatic N) is 1. The molecule has 0 radical (unpaired) electrons. The Morgan fingerprint density at radius 2 is 2.00 bits per heavy atom. The lowest BCUT2D eigenvalue weighted by atomic mass is 10.1.